The van der Waals surface area contributed by atoms with Gasteiger partial charge in [-0.1, -0.05) is 20.8 Å². The molecule has 0 aromatic rings. The van der Waals surface area contributed by atoms with E-state index in [4.69, 9.17) is 0 Å². The van der Waals surface area contributed by atoms with Crippen LogP contribution in [0.25, 0.3) is 0 Å². The van der Waals surface area contributed by atoms with E-state index in [0.29, 0.717) is 11.8 Å². The molecule has 1 nitrogen and oxygen atoms in total. The van der Waals surface area contributed by atoms with E-state index in [1.54, 1.807) is 0 Å². The first-order valence-corrected chi connectivity index (χ1v) is 6.08. The third-order valence-corrected chi connectivity index (χ3v) is 4.73. The van der Waals surface area contributed by atoms with Gasteiger partial charge in [0.2, 0.25) is 0 Å². The van der Waals surface area contributed by atoms with Gasteiger partial charge in [0.05, 0.1) is 0 Å². The van der Waals surface area contributed by atoms with Crippen LogP contribution in [-0.2, 0) is 4.79 Å². The minimum Gasteiger partial charge on any atom is -0.303 e. The molecule has 0 radical (unpaired) electrons. The van der Waals surface area contributed by atoms with Crippen molar-refractivity contribution in [2.75, 3.05) is 0 Å². The highest BCUT2D eigenvalue weighted by molar-refractivity contribution is 5.54. The van der Waals surface area contributed by atoms with E-state index in [-0.39, 0.29) is 0 Å². The molecule has 0 aromatic carbocycles. The van der Waals surface area contributed by atoms with Crippen LogP contribution in [-0.4, -0.2) is 6.29 Å². The van der Waals surface area contributed by atoms with Crippen LogP contribution in [0.3, 0.4) is 0 Å². The van der Waals surface area contributed by atoms with Crippen LogP contribution in [0.5, 0.6) is 0 Å². The second-order valence-corrected chi connectivity index (χ2v) is 5.82. The zero-order valence-electron chi connectivity index (χ0n) is 9.57. The largest absolute Gasteiger partial charge is 0.303 e. The van der Waals surface area contributed by atoms with Gasteiger partial charge in [0.25, 0.3) is 0 Å². The predicted octanol–water partition coefficient (Wildman–Crippen LogP) is 3.14. The van der Waals surface area contributed by atoms with Gasteiger partial charge in [-0.2, -0.15) is 0 Å². The molecule has 3 aliphatic carbocycles. The number of fused-ring (bicyclic) bond motifs is 3. The Morgan fingerprint density at radius 1 is 1.21 bits per heavy atom. The number of hydrogen-bond acceptors (Lipinski definition) is 1. The lowest BCUT2D eigenvalue weighted by atomic mass is 9.54. The van der Waals surface area contributed by atoms with Crippen molar-refractivity contribution in [1.29, 1.82) is 0 Å². The maximum absolute atomic E-state index is 11.0. The molecule has 3 saturated carbocycles. The summed E-state index contributed by atoms with van der Waals surface area (Å²) in [5.74, 6) is 4.37. The van der Waals surface area contributed by atoms with E-state index in [9.17, 15) is 4.79 Å². The van der Waals surface area contributed by atoms with Crippen LogP contribution in [0.2, 0.25) is 0 Å². The molecule has 0 aliphatic heterocycles. The molecule has 80 valence electrons. The van der Waals surface area contributed by atoms with Crippen LogP contribution < -0.4 is 0 Å². The molecular weight excluding hydrogens is 172 g/mol. The predicted molar refractivity (Wildman–Crippen MR) is 57.9 cm³/mol. The fourth-order valence-corrected chi connectivity index (χ4v) is 3.82. The molecule has 3 fully saturated rings. The molecule has 0 aromatic heterocycles. The third-order valence-electron chi connectivity index (χ3n) is 4.73. The van der Waals surface area contributed by atoms with Gasteiger partial charge in [0, 0.05) is 5.92 Å². The number of carbonyl (C=O) groups is 1. The van der Waals surface area contributed by atoms with Gasteiger partial charge in [-0.3, -0.25) is 0 Å². The Bertz CT molecular complexity index is 221. The van der Waals surface area contributed by atoms with Gasteiger partial charge in [0.15, 0.2) is 0 Å². The summed E-state index contributed by atoms with van der Waals surface area (Å²) >= 11 is 0. The van der Waals surface area contributed by atoms with Crippen molar-refractivity contribution in [1.82, 2.24) is 0 Å². The molecule has 1 heteroatoms. The molecular formula is C13H22O. The molecule has 14 heavy (non-hydrogen) atoms. The molecule has 3 rings (SSSR count). The minimum absolute atomic E-state index is 0.386. The minimum atomic E-state index is 0.386. The SMILES string of the molecule is CC(C)C1CC2CC(C=O)C1CC2C. The van der Waals surface area contributed by atoms with Crippen LogP contribution in [0.15, 0.2) is 0 Å². The molecule has 5 unspecified atom stereocenters. The molecule has 0 amide bonds. The summed E-state index contributed by atoms with van der Waals surface area (Å²) in [4.78, 5) is 11.0. The van der Waals surface area contributed by atoms with Crippen molar-refractivity contribution < 1.29 is 4.79 Å². The maximum atomic E-state index is 11.0. The number of carbonyl (C=O) groups excluding carboxylic acids is 1. The highest BCUT2D eigenvalue weighted by atomic mass is 16.1. The van der Waals surface area contributed by atoms with Gasteiger partial charge >= 0.3 is 0 Å². The van der Waals surface area contributed by atoms with Gasteiger partial charge in [-0.25, -0.2) is 0 Å². The number of rotatable bonds is 2. The van der Waals surface area contributed by atoms with Gasteiger partial charge < -0.3 is 4.79 Å². The van der Waals surface area contributed by atoms with E-state index in [0.717, 1.165) is 23.7 Å². The third kappa shape index (κ3) is 1.51. The summed E-state index contributed by atoms with van der Waals surface area (Å²) in [5, 5.41) is 0. The normalized spacial score (nSPS) is 47.0. The van der Waals surface area contributed by atoms with E-state index in [2.05, 4.69) is 20.8 Å². The van der Waals surface area contributed by atoms with E-state index >= 15 is 0 Å². The lowest BCUT2D eigenvalue weighted by Gasteiger charge is -2.50. The standard InChI is InChI=1S/C13H22O/c1-8(2)12-6-10-5-11(7-14)13(12)4-9(10)3/h7-13H,4-6H2,1-3H3. The Labute approximate surface area is 87.3 Å². The van der Waals surface area contributed by atoms with E-state index in [1.165, 1.54) is 25.5 Å². The van der Waals surface area contributed by atoms with Gasteiger partial charge in [-0.05, 0) is 48.9 Å². The Morgan fingerprint density at radius 2 is 1.93 bits per heavy atom. The van der Waals surface area contributed by atoms with E-state index in [1.807, 2.05) is 0 Å². The Morgan fingerprint density at radius 3 is 2.43 bits per heavy atom. The second kappa shape index (κ2) is 3.67. The average Bonchev–Trinajstić information content (AvgIpc) is 2.17. The quantitative estimate of drug-likeness (QED) is 0.617. The zero-order chi connectivity index (χ0) is 10.3. The lowest BCUT2D eigenvalue weighted by Crippen LogP contribution is -2.44. The molecule has 0 spiro atoms. The van der Waals surface area contributed by atoms with E-state index < -0.39 is 0 Å². The summed E-state index contributed by atoms with van der Waals surface area (Å²) in [7, 11) is 0. The van der Waals surface area contributed by atoms with Crippen molar-refractivity contribution in [3.05, 3.63) is 0 Å². The van der Waals surface area contributed by atoms with Crippen LogP contribution in [0, 0.1) is 35.5 Å². The monoisotopic (exact) mass is 194 g/mol. The first kappa shape index (κ1) is 10.2. The van der Waals surface area contributed by atoms with Crippen molar-refractivity contribution in [2.45, 2.75) is 40.0 Å². The Balaban J connectivity index is 2.16. The molecule has 3 aliphatic rings. The fraction of sp³-hybridized carbons (Fsp3) is 0.923. The van der Waals surface area contributed by atoms with Gasteiger partial charge in [-0.15, -0.1) is 0 Å². The molecule has 0 saturated heterocycles. The maximum Gasteiger partial charge on any atom is 0.123 e. The summed E-state index contributed by atoms with van der Waals surface area (Å²) in [6.07, 6.45) is 5.10. The summed E-state index contributed by atoms with van der Waals surface area (Å²) < 4.78 is 0. The van der Waals surface area contributed by atoms with Crippen molar-refractivity contribution >= 4 is 6.29 Å². The second-order valence-electron chi connectivity index (χ2n) is 5.82. The van der Waals surface area contributed by atoms with Crippen LogP contribution in [0.4, 0.5) is 0 Å². The first-order valence-electron chi connectivity index (χ1n) is 6.08. The zero-order valence-corrected chi connectivity index (χ0v) is 9.57. The fourth-order valence-electron chi connectivity index (χ4n) is 3.82. The summed E-state index contributed by atoms with van der Waals surface area (Å²) in [5.41, 5.74) is 0. The smallest absolute Gasteiger partial charge is 0.123 e. The summed E-state index contributed by atoms with van der Waals surface area (Å²) in [6, 6.07) is 0. The van der Waals surface area contributed by atoms with Crippen LogP contribution >= 0.6 is 0 Å². The molecule has 0 heterocycles. The average molecular weight is 194 g/mol. The molecule has 0 N–H and O–H groups in total. The molecule has 2 bridgehead atoms. The highest BCUT2D eigenvalue weighted by Crippen LogP contribution is 2.52. The number of aldehydes is 1. The lowest BCUT2D eigenvalue weighted by molar-refractivity contribution is -0.120. The van der Waals surface area contributed by atoms with Gasteiger partial charge in [0.1, 0.15) is 6.29 Å². The summed E-state index contributed by atoms with van der Waals surface area (Å²) in [6.45, 7) is 7.00. The molecule has 5 atom stereocenters. The highest BCUT2D eigenvalue weighted by Gasteiger charge is 2.45. The number of hydrogen-bond donors (Lipinski definition) is 0. The Hall–Kier alpha value is -0.330. The van der Waals surface area contributed by atoms with Crippen molar-refractivity contribution in [3.63, 3.8) is 0 Å². The van der Waals surface area contributed by atoms with Crippen LogP contribution in [0.1, 0.15) is 40.0 Å². The van der Waals surface area contributed by atoms with Crippen molar-refractivity contribution in [2.24, 2.45) is 35.5 Å². The topological polar surface area (TPSA) is 17.1 Å². The first-order chi connectivity index (χ1) is 6.63. The van der Waals surface area contributed by atoms with Crippen molar-refractivity contribution in [3.8, 4) is 0 Å². The Kier molecular flexibility index (Phi) is 2.68.